The average Bonchev–Trinajstić information content (AvgIpc) is 2.47. The van der Waals surface area contributed by atoms with Gasteiger partial charge in [0.15, 0.2) is 0 Å². The van der Waals surface area contributed by atoms with Crippen LogP contribution in [-0.4, -0.2) is 42.0 Å². The minimum Gasteiger partial charge on any atom is -0.452 e. The Morgan fingerprint density at radius 3 is 2.10 bits per heavy atom. The molecular formula is C15H24N2O3. The number of allylic oxidation sites excluding steroid dienone is 2. The van der Waals surface area contributed by atoms with Crippen molar-refractivity contribution in [3.63, 3.8) is 0 Å². The Labute approximate surface area is 120 Å². The zero-order valence-corrected chi connectivity index (χ0v) is 12.9. The van der Waals surface area contributed by atoms with Gasteiger partial charge in [-0.3, -0.25) is 9.69 Å². The summed E-state index contributed by atoms with van der Waals surface area (Å²) in [5.41, 5.74) is -0.540. The SMILES string of the molecule is CCN(CC)C(=O)C(C)(C)C1C=CN(C(=O)OC)C=C1. The van der Waals surface area contributed by atoms with E-state index in [4.69, 9.17) is 0 Å². The number of ether oxygens (including phenoxy) is 1. The topological polar surface area (TPSA) is 49.9 Å². The summed E-state index contributed by atoms with van der Waals surface area (Å²) < 4.78 is 4.64. The van der Waals surface area contributed by atoms with Crippen LogP contribution in [0.25, 0.3) is 0 Å². The van der Waals surface area contributed by atoms with Gasteiger partial charge in [-0.2, -0.15) is 0 Å². The molecule has 20 heavy (non-hydrogen) atoms. The highest BCUT2D eigenvalue weighted by Crippen LogP contribution is 2.33. The molecule has 112 valence electrons. The molecule has 0 saturated heterocycles. The molecule has 0 N–H and O–H groups in total. The Morgan fingerprint density at radius 2 is 1.70 bits per heavy atom. The first-order valence-electron chi connectivity index (χ1n) is 6.90. The molecule has 0 radical (unpaired) electrons. The van der Waals surface area contributed by atoms with E-state index in [0.29, 0.717) is 13.1 Å². The molecule has 0 aromatic heterocycles. The number of methoxy groups -OCH3 is 1. The standard InChI is InChI=1S/C15H24N2O3/c1-6-16(7-2)13(18)15(3,4)12-8-10-17(11-9-12)14(19)20-5/h8-12H,6-7H2,1-5H3. The van der Waals surface area contributed by atoms with E-state index in [9.17, 15) is 9.59 Å². The monoisotopic (exact) mass is 280 g/mol. The van der Waals surface area contributed by atoms with Gasteiger partial charge in [-0.05, 0) is 13.8 Å². The molecule has 5 nitrogen and oxygen atoms in total. The molecule has 1 aliphatic heterocycles. The molecule has 0 atom stereocenters. The fraction of sp³-hybridized carbons (Fsp3) is 0.600. The molecular weight excluding hydrogens is 256 g/mol. The van der Waals surface area contributed by atoms with Crippen molar-refractivity contribution in [1.82, 2.24) is 9.80 Å². The van der Waals surface area contributed by atoms with E-state index in [1.54, 1.807) is 12.4 Å². The number of nitrogens with zero attached hydrogens (tertiary/aromatic N) is 2. The maximum absolute atomic E-state index is 12.6. The lowest BCUT2D eigenvalue weighted by molar-refractivity contribution is -0.141. The van der Waals surface area contributed by atoms with Crippen LogP contribution in [0.1, 0.15) is 27.7 Å². The highest BCUT2D eigenvalue weighted by Gasteiger charge is 2.37. The first kappa shape index (κ1) is 16.3. The maximum Gasteiger partial charge on any atom is 0.417 e. The zero-order valence-electron chi connectivity index (χ0n) is 12.9. The number of hydrogen-bond donors (Lipinski definition) is 0. The maximum atomic E-state index is 12.6. The molecule has 0 spiro atoms. The van der Waals surface area contributed by atoms with E-state index < -0.39 is 11.5 Å². The number of amides is 2. The van der Waals surface area contributed by atoms with Crippen molar-refractivity contribution < 1.29 is 14.3 Å². The Hall–Kier alpha value is -1.78. The third kappa shape index (κ3) is 3.21. The van der Waals surface area contributed by atoms with Gasteiger partial charge in [0.05, 0.1) is 12.5 Å². The van der Waals surface area contributed by atoms with Gasteiger partial charge in [0.2, 0.25) is 5.91 Å². The second kappa shape index (κ2) is 6.59. The predicted octanol–water partition coefficient (Wildman–Crippen LogP) is 2.61. The zero-order chi connectivity index (χ0) is 15.3. The van der Waals surface area contributed by atoms with Crippen LogP contribution in [0.5, 0.6) is 0 Å². The van der Waals surface area contributed by atoms with Gasteiger partial charge in [-0.15, -0.1) is 0 Å². The molecule has 5 heteroatoms. The molecule has 1 aliphatic rings. The molecule has 0 bridgehead atoms. The lowest BCUT2D eigenvalue weighted by Gasteiger charge is -2.35. The van der Waals surface area contributed by atoms with Gasteiger partial charge in [-0.1, -0.05) is 26.0 Å². The van der Waals surface area contributed by atoms with E-state index in [-0.39, 0.29) is 11.8 Å². The van der Waals surface area contributed by atoms with Crippen molar-refractivity contribution >= 4 is 12.0 Å². The molecule has 1 heterocycles. The van der Waals surface area contributed by atoms with Gasteiger partial charge < -0.3 is 9.64 Å². The average molecular weight is 280 g/mol. The fourth-order valence-corrected chi connectivity index (χ4v) is 2.25. The van der Waals surface area contributed by atoms with Crippen molar-refractivity contribution in [1.29, 1.82) is 0 Å². The van der Waals surface area contributed by atoms with Crippen LogP contribution in [0, 0.1) is 11.3 Å². The number of rotatable bonds is 4. The van der Waals surface area contributed by atoms with Crippen LogP contribution in [0.2, 0.25) is 0 Å². The highest BCUT2D eigenvalue weighted by atomic mass is 16.5. The van der Waals surface area contributed by atoms with E-state index in [0.717, 1.165) is 0 Å². The van der Waals surface area contributed by atoms with Crippen molar-refractivity contribution in [2.75, 3.05) is 20.2 Å². The van der Waals surface area contributed by atoms with E-state index in [1.165, 1.54) is 12.0 Å². The van der Waals surface area contributed by atoms with E-state index >= 15 is 0 Å². The lowest BCUT2D eigenvalue weighted by Crippen LogP contribution is -2.44. The Kier molecular flexibility index (Phi) is 5.36. The van der Waals surface area contributed by atoms with Crippen LogP contribution >= 0.6 is 0 Å². The van der Waals surface area contributed by atoms with Crippen molar-refractivity contribution in [3.8, 4) is 0 Å². The Morgan fingerprint density at radius 1 is 1.20 bits per heavy atom. The van der Waals surface area contributed by atoms with Gasteiger partial charge in [0.25, 0.3) is 0 Å². The quantitative estimate of drug-likeness (QED) is 0.795. The minimum atomic E-state index is -0.540. The van der Waals surface area contributed by atoms with Gasteiger partial charge in [0.1, 0.15) is 0 Å². The summed E-state index contributed by atoms with van der Waals surface area (Å²) in [6, 6.07) is 0. The normalized spacial score (nSPS) is 15.3. The molecule has 0 aromatic carbocycles. The Bertz CT molecular complexity index is 409. The molecule has 1 rings (SSSR count). The number of carbonyl (C=O) groups excluding carboxylic acids is 2. The van der Waals surface area contributed by atoms with Crippen molar-refractivity contribution in [2.24, 2.45) is 11.3 Å². The van der Waals surface area contributed by atoms with Gasteiger partial charge in [0, 0.05) is 31.4 Å². The third-order valence-corrected chi connectivity index (χ3v) is 3.73. The molecule has 0 fully saturated rings. The number of carbonyl (C=O) groups is 2. The molecule has 2 amide bonds. The second-order valence-electron chi connectivity index (χ2n) is 5.29. The van der Waals surface area contributed by atoms with Crippen molar-refractivity contribution in [2.45, 2.75) is 27.7 Å². The first-order valence-corrected chi connectivity index (χ1v) is 6.90. The van der Waals surface area contributed by atoms with Gasteiger partial charge >= 0.3 is 6.09 Å². The largest absolute Gasteiger partial charge is 0.452 e. The lowest BCUT2D eigenvalue weighted by atomic mass is 9.76. The van der Waals surface area contributed by atoms with Crippen LogP contribution in [0.15, 0.2) is 24.6 Å². The van der Waals surface area contributed by atoms with Crippen molar-refractivity contribution in [3.05, 3.63) is 24.6 Å². The summed E-state index contributed by atoms with van der Waals surface area (Å²) in [6.07, 6.45) is 6.57. The number of hydrogen-bond acceptors (Lipinski definition) is 3. The summed E-state index contributed by atoms with van der Waals surface area (Å²) in [7, 11) is 1.34. The van der Waals surface area contributed by atoms with E-state index in [1.807, 2.05) is 44.7 Å². The molecule has 0 aliphatic carbocycles. The second-order valence-corrected chi connectivity index (χ2v) is 5.29. The van der Waals surface area contributed by atoms with Crippen LogP contribution < -0.4 is 0 Å². The smallest absolute Gasteiger partial charge is 0.417 e. The summed E-state index contributed by atoms with van der Waals surface area (Å²) in [4.78, 5) is 27.1. The third-order valence-electron chi connectivity index (χ3n) is 3.73. The summed E-state index contributed by atoms with van der Waals surface area (Å²) in [6.45, 7) is 9.22. The van der Waals surface area contributed by atoms with Crippen LogP contribution in [0.4, 0.5) is 4.79 Å². The van der Waals surface area contributed by atoms with E-state index in [2.05, 4.69) is 4.74 Å². The predicted molar refractivity (Wildman–Crippen MR) is 77.7 cm³/mol. The fourth-order valence-electron chi connectivity index (χ4n) is 2.25. The van der Waals surface area contributed by atoms with Crippen LogP contribution in [-0.2, 0) is 9.53 Å². The molecule has 0 saturated carbocycles. The van der Waals surface area contributed by atoms with Crippen LogP contribution in [0.3, 0.4) is 0 Å². The molecule has 0 aromatic rings. The minimum absolute atomic E-state index is 0.0449. The Balaban J connectivity index is 2.84. The highest BCUT2D eigenvalue weighted by molar-refractivity contribution is 5.83. The first-order chi connectivity index (χ1) is 9.38. The summed E-state index contributed by atoms with van der Waals surface area (Å²) >= 11 is 0. The van der Waals surface area contributed by atoms with Gasteiger partial charge in [-0.25, -0.2) is 4.79 Å². The summed E-state index contributed by atoms with van der Waals surface area (Å²) in [5.74, 6) is 0.0739. The summed E-state index contributed by atoms with van der Waals surface area (Å²) in [5, 5.41) is 0. The molecule has 0 unspecified atom stereocenters.